The largest absolute Gasteiger partial charge is 0.379 e. The number of carbonyl (C=O) groups is 1. The maximum atomic E-state index is 12.2. The van der Waals surface area contributed by atoms with Crippen LogP contribution in [0.15, 0.2) is 12.7 Å². The third-order valence-corrected chi connectivity index (χ3v) is 3.35. The molecule has 1 aliphatic heterocycles. The first-order valence-corrected chi connectivity index (χ1v) is 6.97. The van der Waals surface area contributed by atoms with Crippen molar-refractivity contribution in [3.63, 3.8) is 0 Å². The van der Waals surface area contributed by atoms with Gasteiger partial charge in [0.15, 0.2) is 0 Å². The first-order valence-electron chi connectivity index (χ1n) is 6.97. The van der Waals surface area contributed by atoms with Crippen molar-refractivity contribution in [1.29, 1.82) is 0 Å². The summed E-state index contributed by atoms with van der Waals surface area (Å²) in [6.45, 7) is 8.53. The van der Waals surface area contributed by atoms with Crippen molar-refractivity contribution in [1.82, 2.24) is 10.6 Å². The summed E-state index contributed by atoms with van der Waals surface area (Å²) in [5.41, 5.74) is -0.324. The molecule has 18 heavy (non-hydrogen) atoms. The van der Waals surface area contributed by atoms with Gasteiger partial charge in [0.1, 0.15) is 0 Å². The number of carbonyl (C=O) groups excluding carboxylic acids is 1. The monoisotopic (exact) mass is 254 g/mol. The molecule has 0 aromatic rings. The Morgan fingerprint density at radius 2 is 2.39 bits per heavy atom. The topological polar surface area (TPSA) is 50.4 Å². The zero-order chi connectivity index (χ0) is 13.3. The molecule has 0 aliphatic carbocycles. The molecule has 0 saturated carbocycles. The van der Waals surface area contributed by atoms with Crippen molar-refractivity contribution in [2.45, 2.75) is 44.6 Å². The fraction of sp³-hybridized carbons (Fsp3) is 0.786. The van der Waals surface area contributed by atoms with E-state index in [0.717, 1.165) is 38.6 Å². The number of nitrogens with one attached hydrogen (secondary N) is 2. The Bertz CT molecular complexity index is 261. The molecule has 0 aromatic carbocycles. The molecular weight excluding hydrogens is 228 g/mol. The number of hydrogen-bond acceptors (Lipinski definition) is 3. The maximum absolute atomic E-state index is 12.2. The summed E-state index contributed by atoms with van der Waals surface area (Å²) in [4.78, 5) is 12.2. The second-order valence-corrected chi connectivity index (χ2v) is 4.81. The van der Waals surface area contributed by atoms with Gasteiger partial charge in [-0.2, -0.15) is 0 Å². The fourth-order valence-electron chi connectivity index (χ4n) is 2.43. The summed E-state index contributed by atoms with van der Waals surface area (Å²) < 4.78 is 5.37. The van der Waals surface area contributed by atoms with Gasteiger partial charge in [0, 0.05) is 6.54 Å². The number of amides is 1. The van der Waals surface area contributed by atoms with Gasteiger partial charge in [-0.05, 0) is 32.2 Å². The molecular formula is C14H26N2O2. The van der Waals surface area contributed by atoms with Gasteiger partial charge >= 0.3 is 0 Å². The lowest BCUT2D eigenvalue weighted by Crippen LogP contribution is -2.53. The molecule has 1 unspecified atom stereocenters. The van der Waals surface area contributed by atoms with E-state index < -0.39 is 0 Å². The number of rotatable bonds is 9. The van der Waals surface area contributed by atoms with E-state index in [2.05, 4.69) is 24.1 Å². The van der Waals surface area contributed by atoms with Crippen molar-refractivity contribution in [2.24, 2.45) is 0 Å². The third kappa shape index (κ3) is 4.42. The van der Waals surface area contributed by atoms with E-state index in [1.807, 2.05) is 6.08 Å². The van der Waals surface area contributed by atoms with Crippen LogP contribution in [0.3, 0.4) is 0 Å². The fourth-order valence-corrected chi connectivity index (χ4v) is 2.43. The zero-order valence-corrected chi connectivity index (χ0v) is 11.5. The van der Waals surface area contributed by atoms with Crippen LogP contribution in [0.1, 0.15) is 39.0 Å². The summed E-state index contributed by atoms with van der Waals surface area (Å²) in [5, 5.41) is 6.34. The lowest BCUT2D eigenvalue weighted by atomic mass is 9.91. The third-order valence-electron chi connectivity index (χ3n) is 3.35. The van der Waals surface area contributed by atoms with Crippen molar-refractivity contribution < 1.29 is 9.53 Å². The van der Waals surface area contributed by atoms with Crippen molar-refractivity contribution >= 4 is 5.91 Å². The summed E-state index contributed by atoms with van der Waals surface area (Å²) in [5.74, 6) is 0.133. The highest BCUT2D eigenvalue weighted by atomic mass is 16.5. The minimum atomic E-state index is -0.324. The first kappa shape index (κ1) is 15.2. The van der Waals surface area contributed by atoms with Gasteiger partial charge < -0.3 is 15.4 Å². The highest BCUT2D eigenvalue weighted by Crippen LogP contribution is 2.24. The molecule has 4 heteroatoms. The Labute approximate surface area is 110 Å². The van der Waals surface area contributed by atoms with Crippen molar-refractivity contribution in [3.8, 4) is 0 Å². The predicted octanol–water partition coefficient (Wildman–Crippen LogP) is 1.62. The maximum Gasteiger partial charge on any atom is 0.240 e. The van der Waals surface area contributed by atoms with E-state index in [-0.39, 0.29) is 11.4 Å². The van der Waals surface area contributed by atoms with Gasteiger partial charge in [-0.3, -0.25) is 4.79 Å². The quantitative estimate of drug-likeness (QED) is 0.485. The van der Waals surface area contributed by atoms with Crippen LogP contribution < -0.4 is 10.6 Å². The van der Waals surface area contributed by atoms with Gasteiger partial charge in [-0.25, -0.2) is 0 Å². The second-order valence-electron chi connectivity index (χ2n) is 4.81. The van der Waals surface area contributed by atoms with Gasteiger partial charge in [0.2, 0.25) is 5.91 Å². The van der Waals surface area contributed by atoms with E-state index in [1.165, 1.54) is 0 Å². The molecule has 1 heterocycles. The van der Waals surface area contributed by atoms with Crippen molar-refractivity contribution in [2.75, 3.05) is 26.3 Å². The number of hydrogen-bond donors (Lipinski definition) is 2. The van der Waals surface area contributed by atoms with E-state index in [9.17, 15) is 4.79 Å². The zero-order valence-electron chi connectivity index (χ0n) is 11.5. The van der Waals surface area contributed by atoms with Crippen LogP contribution in [0.4, 0.5) is 0 Å². The number of ether oxygens (including phenoxy) is 1. The molecule has 0 aromatic heterocycles. The molecule has 1 aliphatic rings. The summed E-state index contributed by atoms with van der Waals surface area (Å²) >= 11 is 0. The minimum absolute atomic E-state index is 0.133. The van der Waals surface area contributed by atoms with Crippen molar-refractivity contribution in [3.05, 3.63) is 12.7 Å². The van der Waals surface area contributed by atoms with E-state index in [1.54, 1.807) is 0 Å². The molecule has 104 valence electrons. The average Bonchev–Trinajstić information content (AvgIpc) is 2.83. The van der Waals surface area contributed by atoms with Crippen LogP contribution >= 0.6 is 0 Å². The lowest BCUT2D eigenvalue weighted by Gasteiger charge is -2.27. The molecule has 1 saturated heterocycles. The van der Waals surface area contributed by atoms with Crippen LogP contribution in [-0.2, 0) is 9.53 Å². The Balaban J connectivity index is 2.23. The Morgan fingerprint density at radius 1 is 1.56 bits per heavy atom. The van der Waals surface area contributed by atoms with Gasteiger partial charge in [0.05, 0.1) is 18.8 Å². The van der Waals surface area contributed by atoms with Crippen LogP contribution in [0, 0.1) is 0 Å². The molecule has 0 spiro atoms. The van der Waals surface area contributed by atoms with Gasteiger partial charge in [-0.1, -0.05) is 19.4 Å². The van der Waals surface area contributed by atoms with E-state index in [0.29, 0.717) is 19.8 Å². The molecule has 0 bridgehead atoms. The standard InChI is InChI=1S/C14H26N2O2/c1-3-5-11-18-12-10-15-13(17)14(7-4-2)8-6-9-16-14/h3,16H,1,4-12H2,2H3,(H,15,17). The highest BCUT2D eigenvalue weighted by molar-refractivity contribution is 5.86. The highest BCUT2D eigenvalue weighted by Gasteiger charge is 2.39. The molecule has 4 nitrogen and oxygen atoms in total. The SMILES string of the molecule is C=CCCOCCNC(=O)C1(CCC)CCCN1. The van der Waals surface area contributed by atoms with Gasteiger partial charge in [-0.15, -0.1) is 6.58 Å². The summed E-state index contributed by atoms with van der Waals surface area (Å²) in [6, 6.07) is 0. The molecule has 1 rings (SSSR count). The smallest absolute Gasteiger partial charge is 0.240 e. The predicted molar refractivity (Wildman–Crippen MR) is 73.5 cm³/mol. The molecule has 1 amide bonds. The van der Waals surface area contributed by atoms with Crippen LogP contribution in [0.25, 0.3) is 0 Å². The van der Waals surface area contributed by atoms with E-state index in [4.69, 9.17) is 4.74 Å². The molecule has 1 atom stereocenters. The molecule has 2 N–H and O–H groups in total. The van der Waals surface area contributed by atoms with Crippen LogP contribution in [0.5, 0.6) is 0 Å². The molecule has 0 radical (unpaired) electrons. The lowest BCUT2D eigenvalue weighted by molar-refractivity contribution is -0.127. The normalized spacial score (nSPS) is 22.9. The minimum Gasteiger partial charge on any atom is -0.379 e. The summed E-state index contributed by atoms with van der Waals surface area (Å²) in [7, 11) is 0. The first-order chi connectivity index (χ1) is 8.75. The van der Waals surface area contributed by atoms with Crippen LogP contribution in [0.2, 0.25) is 0 Å². The van der Waals surface area contributed by atoms with Crippen LogP contribution in [-0.4, -0.2) is 37.7 Å². The Morgan fingerprint density at radius 3 is 3.00 bits per heavy atom. The van der Waals surface area contributed by atoms with Gasteiger partial charge in [0.25, 0.3) is 0 Å². The Hall–Kier alpha value is -0.870. The van der Waals surface area contributed by atoms with E-state index >= 15 is 0 Å². The molecule has 1 fully saturated rings. The average molecular weight is 254 g/mol. The summed E-state index contributed by atoms with van der Waals surface area (Å²) in [6.07, 6.45) is 6.66. The second kappa shape index (κ2) is 8.27. The Kier molecular flexibility index (Phi) is 6.98.